The summed E-state index contributed by atoms with van der Waals surface area (Å²) in [7, 11) is 0. The molecule has 2 amide bonds. The van der Waals surface area contributed by atoms with Gasteiger partial charge >= 0.3 is 5.97 Å². The maximum absolute atomic E-state index is 13.1. The molecule has 7 nitrogen and oxygen atoms in total. The quantitative estimate of drug-likeness (QED) is 0.482. The molecule has 0 atom stereocenters. The molecule has 0 aliphatic carbocycles. The van der Waals surface area contributed by atoms with Crippen molar-refractivity contribution in [2.75, 3.05) is 25.1 Å². The van der Waals surface area contributed by atoms with Gasteiger partial charge in [-0.15, -0.1) is 0 Å². The minimum Gasteiger partial charge on any atom is -0.494 e. The molecule has 0 saturated carbocycles. The minimum atomic E-state index is -1.11. The summed E-state index contributed by atoms with van der Waals surface area (Å²) in [5, 5.41) is 4.53. The minimum absolute atomic E-state index is 0.0407. The summed E-state index contributed by atoms with van der Waals surface area (Å²) in [6.45, 7) is 1.41. The highest BCUT2D eigenvalue weighted by molar-refractivity contribution is 5.95. The molecule has 0 aliphatic heterocycles. The topological polar surface area (TPSA) is 93.7 Å². The Morgan fingerprint density at radius 1 is 1.00 bits per heavy atom. The Kier molecular flexibility index (Phi) is 8.49. The molecule has 158 valence electrons. The summed E-state index contributed by atoms with van der Waals surface area (Å²) < 4.78 is 36.0. The Labute approximate surface area is 171 Å². The Hall–Kier alpha value is -3.75. The van der Waals surface area contributed by atoms with Crippen LogP contribution in [0.2, 0.25) is 0 Å². The monoisotopic (exact) mass is 418 g/mol. The maximum Gasteiger partial charge on any atom is 0.331 e. The van der Waals surface area contributed by atoms with Crippen molar-refractivity contribution in [3.8, 4) is 5.75 Å². The number of nitrogens with one attached hydrogen (secondary N) is 2. The summed E-state index contributed by atoms with van der Waals surface area (Å²) in [5.41, 5.74) is 0.785. The third kappa shape index (κ3) is 7.70. The number of hydrogen-bond donors (Lipinski definition) is 2. The summed E-state index contributed by atoms with van der Waals surface area (Å²) in [4.78, 5) is 35.0. The number of carbonyl (C=O) groups is 3. The molecular weight excluding hydrogens is 398 g/mol. The standard InChI is InChI=1S/C21H20F2N2O5/c1-2-29-16-7-3-14(4-8-16)5-10-21(28)30-13-20(27)24-12-19(26)25-15-6-9-17(22)18(23)11-15/h3-11H,2,12-13H2,1H3,(H,24,27)(H,25,26)/b10-5+. The fourth-order valence-corrected chi connectivity index (χ4v) is 2.20. The van der Waals surface area contributed by atoms with Crippen molar-refractivity contribution in [3.05, 3.63) is 65.7 Å². The van der Waals surface area contributed by atoms with Gasteiger partial charge in [0.15, 0.2) is 18.2 Å². The third-order valence-corrected chi connectivity index (χ3v) is 3.60. The highest BCUT2D eigenvalue weighted by Gasteiger charge is 2.09. The lowest BCUT2D eigenvalue weighted by molar-refractivity contribution is -0.143. The first-order valence-electron chi connectivity index (χ1n) is 8.96. The third-order valence-electron chi connectivity index (χ3n) is 3.60. The lowest BCUT2D eigenvalue weighted by atomic mass is 10.2. The van der Waals surface area contributed by atoms with Crippen molar-refractivity contribution in [3.63, 3.8) is 0 Å². The molecule has 30 heavy (non-hydrogen) atoms. The van der Waals surface area contributed by atoms with Gasteiger partial charge < -0.3 is 20.1 Å². The van der Waals surface area contributed by atoms with E-state index in [1.807, 2.05) is 6.92 Å². The van der Waals surface area contributed by atoms with Crippen LogP contribution >= 0.6 is 0 Å². The average molecular weight is 418 g/mol. The van der Waals surface area contributed by atoms with Crippen LogP contribution in [-0.4, -0.2) is 37.5 Å². The number of halogens is 2. The molecule has 0 spiro atoms. The van der Waals surface area contributed by atoms with E-state index in [4.69, 9.17) is 9.47 Å². The normalized spacial score (nSPS) is 10.5. The fourth-order valence-electron chi connectivity index (χ4n) is 2.20. The van der Waals surface area contributed by atoms with E-state index in [9.17, 15) is 23.2 Å². The Morgan fingerprint density at radius 2 is 1.73 bits per heavy atom. The van der Waals surface area contributed by atoms with Gasteiger partial charge in [0.05, 0.1) is 13.2 Å². The Morgan fingerprint density at radius 3 is 2.40 bits per heavy atom. The second-order valence-corrected chi connectivity index (χ2v) is 5.90. The zero-order chi connectivity index (χ0) is 21.9. The van der Waals surface area contributed by atoms with Crippen LogP contribution in [0.4, 0.5) is 14.5 Å². The molecule has 0 aliphatic rings. The highest BCUT2D eigenvalue weighted by atomic mass is 19.2. The number of amides is 2. The van der Waals surface area contributed by atoms with Crippen LogP contribution in [0.5, 0.6) is 5.75 Å². The molecule has 0 fully saturated rings. The fraction of sp³-hybridized carbons (Fsp3) is 0.190. The molecule has 2 rings (SSSR count). The summed E-state index contributed by atoms with van der Waals surface area (Å²) in [6.07, 6.45) is 2.68. The number of esters is 1. The second-order valence-electron chi connectivity index (χ2n) is 5.90. The molecule has 0 heterocycles. The van der Waals surface area contributed by atoms with Crippen molar-refractivity contribution in [1.82, 2.24) is 5.32 Å². The summed E-state index contributed by atoms with van der Waals surface area (Å²) in [5.74, 6) is -3.52. The van der Waals surface area contributed by atoms with E-state index in [1.165, 1.54) is 18.2 Å². The van der Waals surface area contributed by atoms with Crippen LogP contribution < -0.4 is 15.4 Å². The van der Waals surface area contributed by atoms with Gasteiger partial charge in [0, 0.05) is 17.8 Å². The maximum atomic E-state index is 13.1. The lowest BCUT2D eigenvalue weighted by Gasteiger charge is -2.07. The van der Waals surface area contributed by atoms with Crippen molar-refractivity contribution < 1.29 is 32.6 Å². The smallest absolute Gasteiger partial charge is 0.331 e. The van der Waals surface area contributed by atoms with Gasteiger partial charge in [-0.2, -0.15) is 0 Å². The average Bonchev–Trinajstić information content (AvgIpc) is 2.73. The molecule has 0 radical (unpaired) electrons. The van der Waals surface area contributed by atoms with Gasteiger partial charge in [-0.3, -0.25) is 9.59 Å². The number of hydrogen-bond acceptors (Lipinski definition) is 5. The zero-order valence-corrected chi connectivity index (χ0v) is 16.1. The first kappa shape index (κ1) is 22.5. The molecule has 0 unspecified atom stereocenters. The van der Waals surface area contributed by atoms with Crippen molar-refractivity contribution in [2.24, 2.45) is 0 Å². The van der Waals surface area contributed by atoms with E-state index < -0.39 is 42.6 Å². The molecule has 2 N–H and O–H groups in total. The van der Waals surface area contributed by atoms with Crippen molar-refractivity contribution >= 4 is 29.5 Å². The molecule has 2 aromatic carbocycles. The number of anilines is 1. The van der Waals surface area contributed by atoms with Gasteiger partial charge in [-0.1, -0.05) is 12.1 Å². The van der Waals surface area contributed by atoms with Gasteiger partial charge in [0.25, 0.3) is 5.91 Å². The molecular formula is C21H20F2N2O5. The van der Waals surface area contributed by atoms with Crippen LogP contribution in [0.3, 0.4) is 0 Å². The predicted octanol–water partition coefficient (Wildman–Crippen LogP) is 2.67. The number of ether oxygens (including phenoxy) is 2. The summed E-state index contributed by atoms with van der Waals surface area (Å²) >= 11 is 0. The predicted molar refractivity (Wildman–Crippen MR) is 106 cm³/mol. The van der Waals surface area contributed by atoms with Gasteiger partial charge in [-0.25, -0.2) is 13.6 Å². The number of rotatable bonds is 9. The van der Waals surface area contributed by atoms with Crippen LogP contribution in [0, 0.1) is 11.6 Å². The van der Waals surface area contributed by atoms with Crippen molar-refractivity contribution in [2.45, 2.75) is 6.92 Å². The van der Waals surface area contributed by atoms with Gasteiger partial charge in [0.2, 0.25) is 5.91 Å². The van der Waals surface area contributed by atoms with E-state index in [1.54, 1.807) is 24.3 Å². The number of carbonyl (C=O) groups excluding carboxylic acids is 3. The van der Waals surface area contributed by atoms with Crippen LogP contribution in [-0.2, 0) is 19.1 Å². The van der Waals surface area contributed by atoms with E-state index in [2.05, 4.69) is 10.6 Å². The van der Waals surface area contributed by atoms with Gasteiger partial charge in [-0.05, 0) is 42.8 Å². The lowest BCUT2D eigenvalue weighted by Crippen LogP contribution is -2.35. The van der Waals surface area contributed by atoms with E-state index in [0.29, 0.717) is 12.4 Å². The van der Waals surface area contributed by atoms with Crippen LogP contribution in [0.25, 0.3) is 6.08 Å². The molecule has 9 heteroatoms. The van der Waals surface area contributed by atoms with E-state index in [0.717, 1.165) is 17.7 Å². The molecule has 0 bridgehead atoms. The van der Waals surface area contributed by atoms with E-state index in [-0.39, 0.29) is 5.69 Å². The Balaban J connectivity index is 1.69. The molecule has 0 saturated heterocycles. The van der Waals surface area contributed by atoms with Crippen LogP contribution in [0.15, 0.2) is 48.5 Å². The van der Waals surface area contributed by atoms with Gasteiger partial charge in [0.1, 0.15) is 5.75 Å². The van der Waals surface area contributed by atoms with E-state index >= 15 is 0 Å². The molecule has 0 aromatic heterocycles. The second kappa shape index (κ2) is 11.3. The number of benzene rings is 2. The Bertz CT molecular complexity index is 929. The first-order chi connectivity index (χ1) is 14.4. The zero-order valence-electron chi connectivity index (χ0n) is 16.1. The first-order valence-corrected chi connectivity index (χ1v) is 8.96. The SMILES string of the molecule is CCOc1ccc(/C=C/C(=O)OCC(=O)NCC(=O)Nc2ccc(F)c(F)c2)cc1. The molecule has 2 aromatic rings. The largest absolute Gasteiger partial charge is 0.494 e. The van der Waals surface area contributed by atoms with Crippen molar-refractivity contribution in [1.29, 1.82) is 0 Å². The highest BCUT2D eigenvalue weighted by Crippen LogP contribution is 2.13. The van der Waals surface area contributed by atoms with Crippen LogP contribution in [0.1, 0.15) is 12.5 Å². The summed E-state index contributed by atoms with van der Waals surface area (Å²) in [6, 6.07) is 9.88.